The third kappa shape index (κ3) is 4.28. The van der Waals surface area contributed by atoms with Gasteiger partial charge in [-0.05, 0) is 57.1 Å². The summed E-state index contributed by atoms with van der Waals surface area (Å²) in [6.07, 6.45) is 3.33. The molecular formula is C26H25N9O. The van der Waals surface area contributed by atoms with Gasteiger partial charge in [0, 0.05) is 30.6 Å². The third-order valence-electron chi connectivity index (χ3n) is 6.05. The Hall–Kier alpha value is -4.62. The van der Waals surface area contributed by atoms with Crippen LogP contribution in [0.1, 0.15) is 23.9 Å². The zero-order valence-corrected chi connectivity index (χ0v) is 20.7. The van der Waals surface area contributed by atoms with Crippen LogP contribution in [-0.2, 0) is 18.9 Å². The number of anilines is 1. The Morgan fingerprint density at radius 2 is 1.92 bits per heavy atom. The van der Waals surface area contributed by atoms with Crippen molar-refractivity contribution in [1.82, 2.24) is 39.8 Å². The molecule has 0 bridgehead atoms. The van der Waals surface area contributed by atoms with Crippen molar-refractivity contribution in [3.8, 4) is 23.1 Å². The lowest BCUT2D eigenvalue weighted by molar-refractivity contribution is -0.117. The molecule has 1 atom stereocenters. The molecule has 0 aliphatic carbocycles. The van der Waals surface area contributed by atoms with Gasteiger partial charge in [0.2, 0.25) is 5.91 Å². The zero-order valence-electron chi connectivity index (χ0n) is 20.7. The predicted molar refractivity (Wildman–Crippen MR) is 138 cm³/mol. The minimum Gasteiger partial charge on any atom is -0.309 e. The number of carbonyl (C=O) groups excluding carboxylic acids is 1. The summed E-state index contributed by atoms with van der Waals surface area (Å²) in [5, 5.41) is 15.6. The molecule has 0 fully saturated rings. The highest BCUT2D eigenvalue weighted by atomic mass is 16.2. The summed E-state index contributed by atoms with van der Waals surface area (Å²) in [6.45, 7) is 3.69. The van der Waals surface area contributed by atoms with Crippen molar-refractivity contribution in [2.24, 2.45) is 14.1 Å². The minimum atomic E-state index is -0.387. The van der Waals surface area contributed by atoms with Crippen LogP contribution in [0, 0.1) is 18.8 Å². The van der Waals surface area contributed by atoms with Gasteiger partial charge < -0.3 is 10.6 Å². The molecule has 1 amide bonds. The van der Waals surface area contributed by atoms with Gasteiger partial charge in [-0.15, -0.1) is 0 Å². The monoisotopic (exact) mass is 479 g/mol. The predicted octanol–water partition coefficient (Wildman–Crippen LogP) is 2.57. The lowest BCUT2D eigenvalue weighted by atomic mass is 10.1. The summed E-state index contributed by atoms with van der Waals surface area (Å²) in [5.74, 6) is 6.51. The summed E-state index contributed by atoms with van der Waals surface area (Å²) < 4.78 is 3.58. The average molecular weight is 480 g/mol. The van der Waals surface area contributed by atoms with Gasteiger partial charge in [0.1, 0.15) is 28.9 Å². The maximum Gasteiger partial charge on any atom is 0.242 e. The van der Waals surface area contributed by atoms with Gasteiger partial charge in [-0.3, -0.25) is 14.2 Å². The molecule has 0 radical (unpaired) electrons. The Bertz CT molecular complexity index is 1690. The van der Waals surface area contributed by atoms with E-state index in [0.29, 0.717) is 17.2 Å². The van der Waals surface area contributed by atoms with Gasteiger partial charge >= 0.3 is 0 Å². The van der Waals surface area contributed by atoms with Crippen LogP contribution >= 0.6 is 0 Å². The fourth-order valence-corrected chi connectivity index (χ4v) is 4.02. The molecule has 1 unspecified atom stereocenters. The smallest absolute Gasteiger partial charge is 0.242 e. The van der Waals surface area contributed by atoms with E-state index in [1.54, 1.807) is 24.7 Å². The molecule has 4 heterocycles. The van der Waals surface area contributed by atoms with E-state index >= 15 is 0 Å². The van der Waals surface area contributed by atoms with Crippen LogP contribution in [0.4, 0.5) is 5.82 Å². The van der Waals surface area contributed by atoms with Crippen LogP contribution in [0.2, 0.25) is 0 Å². The van der Waals surface area contributed by atoms with Crippen LogP contribution in [0.15, 0.2) is 42.9 Å². The Labute approximate surface area is 207 Å². The quantitative estimate of drug-likeness (QED) is 0.381. The van der Waals surface area contributed by atoms with Crippen LogP contribution in [-0.4, -0.2) is 53.5 Å². The van der Waals surface area contributed by atoms with E-state index in [-0.39, 0.29) is 11.9 Å². The van der Waals surface area contributed by atoms with Gasteiger partial charge in [-0.25, -0.2) is 15.0 Å². The number of rotatable bonds is 4. The summed E-state index contributed by atoms with van der Waals surface area (Å²) in [6, 6.07) is 9.19. The van der Waals surface area contributed by atoms with Crippen LogP contribution in [0.5, 0.6) is 0 Å². The molecule has 0 aliphatic rings. The maximum atomic E-state index is 12.6. The third-order valence-corrected chi connectivity index (χ3v) is 6.05. The second kappa shape index (κ2) is 9.20. The first-order valence-corrected chi connectivity index (χ1v) is 11.4. The van der Waals surface area contributed by atoms with E-state index in [2.05, 4.69) is 47.6 Å². The number of nitrogens with one attached hydrogen (secondary N) is 2. The molecule has 1 aromatic carbocycles. The van der Waals surface area contributed by atoms with Crippen molar-refractivity contribution in [2.75, 3.05) is 12.4 Å². The van der Waals surface area contributed by atoms with Gasteiger partial charge in [0.15, 0.2) is 0 Å². The first-order valence-electron chi connectivity index (χ1n) is 11.4. The molecule has 0 saturated heterocycles. The normalized spacial score (nSPS) is 11.9. The number of likely N-dealkylation sites (N-methyl/N-ethyl adjacent to an activating group) is 1. The topological polar surface area (TPSA) is 115 Å². The lowest BCUT2D eigenvalue weighted by Gasteiger charge is -2.12. The maximum absolute atomic E-state index is 12.6. The molecule has 5 aromatic rings. The van der Waals surface area contributed by atoms with Crippen molar-refractivity contribution in [2.45, 2.75) is 19.9 Å². The number of amides is 1. The van der Waals surface area contributed by atoms with Crippen molar-refractivity contribution in [3.63, 3.8) is 0 Å². The van der Waals surface area contributed by atoms with Crippen LogP contribution < -0.4 is 10.6 Å². The van der Waals surface area contributed by atoms with Crippen LogP contribution in [0.25, 0.3) is 33.2 Å². The number of nitrogens with zero attached hydrogens (tertiary/aromatic N) is 7. The number of hydrogen-bond donors (Lipinski definition) is 2. The molecule has 5 rings (SSSR count). The van der Waals surface area contributed by atoms with Crippen LogP contribution in [0.3, 0.4) is 0 Å². The highest BCUT2D eigenvalue weighted by Gasteiger charge is 2.17. The SMILES string of the molecule is CNC(C)C(=O)Nc1cc(-c2ncnc3c(C)nn(C)c23)cc(C#Cc2ccc3c(cnn3C)c2)n1. The number of benzene rings is 1. The van der Waals surface area contributed by atoms with Crippen molar-refractivity contribution < 1.29 is 4.79 Å². The Kier molecular flexibility index (Phi) is 5.91. The van der Waals surface area contributed by atoms with E-state index < -0.39 is 0 Å². The summed E-state index contributed by atoms with van der Waals surface area (Å²) >= 11 is 0. The van der Waals surface area contributed by atoms with Crippen molar-refractivity contribution in [3.05, 3.63) is 59.8 Å². The van der Waals surface area contributed by atoms with E-state index in [1.807, 2.05) is 56.2 Å². The average Bonchev–Trinajstić information content (AvgIpc) is 3.40. The lowest BCUT2D eigenvalue weighted by Crippen LogP contribution is -2.35. The number of pyridine rings is 1. The molecule has 36 heavy (non-hydrogen) atoms. The molecule has 10 nitrogen and oxygen atoms in total. The highest BCUT2D eigenvalue weighted by molar-refractivity contribution is 5.95. The summed E-state index contributed by atoms with van der Waals surface area (Å²) in [4.78, 5) is 26.1. The number of aryl methyl sites for hydroxylation is 3. The molecule has 4 aromatic heterocycles. The second-order valence-corrected chi connectivity index (χ2v) is 8.55. The summed E-state index contributed by atoms with van der Waals surface area (Å²) in [5.41, 5.74) is 6.17. The molecule has 0 spiro atoms. The van der Waals surface area contributed by atoms with E-state index in [9.17, 15) is 4.79 Å². The van der Waals surface area contributed by atoms with Crippen molar-refractivity contribution >= 4 is 33.7 Å². The largest absolute Gasteiger partial charge is 0.309 e. The number of carbonyl (C=O) groups is 1. The number of hydrogen-bond acceptors (Lipinski definition) is 7. The highest BCUT2D eigenvalue weighted by Crippen LogP contribution is 2.28. The summed E-state index contributed by atoms with van der Waals surface area (Å²) in [7, 11) is 5.49. The molecule has 0 aliphatic heterocycles. The molecule has 180 valence electrons. The molecule has 10 heteroatoms. The standard InChI is InChI=1S/C26H25N9O/c1-15-23-25(35(5)33-15)24(29-14-28-23)18-11-20(31-22(12-18)32-26(36)16(2)27-3)8-6-17-7-9-21-19(10-17)13-30-34(21)4/h7,9-14,16,27H,1-5H3,(H,31,32,36). The Morgan fingerprint density at radius 1 is 1.08 bits per heavy atom. The second-order valence-electron chi connectivity index (χ2n) is 8.55. The van der Waals surface area contributed by atoms with E-state index in [4.69, 9.17) is 0 Å². The van der Waals surface area contributed by atoms with Gasteiger partial charge in [-0.2, -0.15) is 10.2 Å². The first-order chi connectivity index (χ1) is 17.3. The fraction of sp³-hybridized carbons (Fsp3) is 0.231. The van der Waals surface area contributed by atoms with E-state index in [0.717, 1.165) is 38.8 Å². The van der Waals surface area contributed by atoms with E-state index in [1.165, 1.54) is 6.33 Å². The fourth-order valence-electron chi connectivity index (χ4n) is 4.02. The first kappa shape index (κ1) is 23.1. The molecule has 2 N–H and O–H groups in total. The van der Waals surface area contributed by atoms with Gasteiger partial charge in [0.05, 0.1) is 29.1 Å². The molecule has 0 saturated carbocycles. The number of fused-ring (bicyclic) bond motifs is 2. The molecular weight excluding hydrogens is 454 g/mol. The number of aromatic nitrogens is 7. The van der Waals surface area contributed by atoms with Gasteiger partial charge in [0.25, 0.3) is 0 Å². The van der Waals surface area contributed by atoms with Crippen molar-refractivity contribution in [1.29, 1.82) is 0 Å². The Balaban J connectivity index is 1.61. The zero-order chi connectivity index (χ0) is 25.4. The van der Waals surface area contributed by atoms with Gasteiger partial charge in [-0.1, -0.05) is 5.92 Å². The Morgan fingerprint density at radius 3 is 2.72 bits per heavy atom. The minimum absolute atomic E-state index is 0.202.